The molecule has 0 aliphatic heterocycles. The van der Waals surface area contributed by atoms with Crippen LogP contribution in [0.5, 0.6) is 0 Å². The number of fused-ring (bicyclic) bond motifs is 3. The highest BCUT2D eigenvalue weighted by molar-refractivity contribution is 9.10. The summed E-state index contributed by atoms with van der Waals surface area (Å²) >= 11 is 3.62. The molecule has 3 N–H and O–H groups in total. The highest BCUT2D eigenvalue weighted by Crippen LogP contribution is 2.53. The van der Waals surface area contributed by atoms with Crippen molar-refractivity contribution >= 4 is 27.4 Å². The van der Waals surface area contributed by atoms with E-state index in [4.69, 9.17) is 10.7 Å². The highest BCUT2D eigenvalue weighted by Gasteiger charge is 2.46. The second kappa shape index (κ2) is 4.93. The van der Waals surface area contributed by atoms with Gasteiger partial charge in [0.15, 0.2) is 5.65 Å². The van der Waals surface area contributed by atoms with Crippen molar-refractivity contribution in [3.05, 3.63) is 21.9 Å². The van der Waals surface area contributed by atoms with Gasteiger partial charge in [-0.05, 0) is 60.9 Å². The summed E-state index contributed by atoms with van der Waals surface area (Å²) in [4.78, 5) is 5.03. The van der Waals surface area contributed by atoms with Gasteiger partial charge in [0, 0.05) is 23.1 Å². The highest BCUT2D eigenvalue weighted by atomic mass is 79.9. The molecule has 2 fully saturated rings. The maximum absolute atomic E-state index is 6.10. The molecule has 3 aliphatic rings. The van der Waals surface area contributed by atoms with Crippen LogP contribution in [0.2, 0.25) is 0 Å². The van der Waals surface area contributed by atoms with Gasteiger partial charge in [-0.3, -0.25) is 0 Å². The lowest BCUT2D eigenvalue weighted by Gasteiger charge is -2.38. The fourth-order valence-corrected chi connectivity index (χ4v) is 5.09. The lowest BCUT2D eigenvalue weighted by molar-refractivity contribution is 0.238. The van der Waals surface area contributed by atoms with E-state index in [2.05, 4.69) is 26.3 Å². The van der Waals surface area contributed by atoms with Crippen LogP contribution >= 0.6 is 15.9 Å². The first-order valence-electron chi connectivity index (χ1n) is 8.75. The molecule has 0 amide bonds. The molecule has 3 aliphatic carbocycles. The van der Waals surface area contributed by atoms with Crippen LogP contribution < -0.4 is 11.1 Å². The normalized spacial score (nSPS) is 28.3. The molecule has 2 aromatic rings. The van der Waals surface area contributed by atoms with Crippen molar-refractivity contribution in [2.24, 2.45) is 5.73 Å². The predicted octanol–water partition coefficient (Wildman–Crippen LogP) is 3.15. The van der Waals surface area contributed by atoms with Gasteiger partial charge in [0.05, 0.1) is 16.4 Å². The van der Waals surface area contributed by atoms with Crippen LogP contribution in [0.3, 0.4) is 0 Å². The zero-order valence-electron chi connectivity index (χ0n) is 13.2. The summed E-state index contributed by atoms with van der Waals surface area (Å²) in [6, 6.07) is 0.792. The maximum atomic E-state index is 6.10. The third-order valence-electron chi connectivity index (χ3n) is 6.18. The third-order valence-corrected chi connectivity index (χ3v) is 6.74. The van der Waals surface area contributed by atoms with Gasteiger partial charge in [-0.25, -0.2) is 4.98 Å². The summed E-state index contributed by atoms with van der Waals surface area (Å²) in [5.74, 6) is 1.17. The lowest BCUT2D eigenvalue weighted by atomic mass is 9.67. The Morgan fingerprint density at radius 2 is 2.17 bits per heavy atom. The first-order valence-corrected chi connectivity index (χ1v) is 9.54. The fourth-order valence-electron chi connectivity index (χ4n) is 4.74. The molecule has 2 atom stereocenters. The van der Waals surface area contributed by atoms with Crippen molar-refractivity contribution in [1.29, 1.82) is 0 Å². The molecule has 2 aromatic heterocycles. The zero-order chi connectivity index (χ0) is 15.6. The molecule has 0 saturated heterocycles. The summed E-state index contributed by atoms with van der Waals surface area (Å²) in [6.07, 6.45) is 11.5. The van der Waals surface area contributed by atoms with Gasteiger partial charge >= 0.3 is 0 Å². The number of nitrogens with two attached hydrogens (primary N) is 1. The molecule has 0 bridgehead atoms. The molecule has 5 rings (SSSR count). The smallest absolute Gasteiger partial charge is 0.171 e. The average molecular weight is 376 g/mol. The van der Waals surface area contributed by atoms with Crippen LogP contribution in [0.1, 0.15) is 56.2 Å². The number of anilines is 1. The van der Waals surface area contributed by atoms with E-state index < -0.39 is 0 Å². The van der Waals surface area contributed by atoms with Crippen molar-refractivity contribution < 1.29 is 0 Å². The molecule has 23 heavy (non-hydrogen) atoms. The van der Waals surface area contributed by atoms with E-state index in [-0.39, 0.29) is 0 Å². The van der Waals surface area contributed by atoms with E-state index in [0.717, 1.165) is 35.8 Å². The number of nitrogens with one attached hydrogen (secondary N) is 1. The molecule has 1 spiro atoms. The lowest BCUT2D eigenvalue weighted by Crippen LogP contribution is -2.32. The van der Waals surface area contributed by atoms with Gasteiger partial charge in [-0.15, -0.1) is 0 Å². The van der Waals surface area contributed by atoms with Crippen LogP contribution in [-0.4, -0.2) is 26.7 Å². The Hall–Kier alpha value is -1.14. The van der Waals surface area contributed by atoms with Gasteiger partial charge in [0.1, 0.15) is 5.82 Å². The summed E-state index contributed by atoms with van der Waals surface area (Å²) in [7, 11) is 0. The largest absolute Gasteiger partial charge is 0.367 e. The molecular weight excluding hydrogens is 354 g/mol. The summed E-state index contributed by atoms with van der Waals surface area (Å²) in [6.45, 7) is 0. The summed E-state index contributed by atoms with van der Waals surface area (Å²) in [5.41, 5.74) is 10.1. The predicted molar refractivity (Wildman–Crippen MR) is 93.8 cm³/mol. The summed E-state index contributed by atoms with van der Waals surface area (Å²) < 4.78 is 2.97. The molecule has 122 valence electrons. The number of hydrogen-bond donors (Lipinski definition) is 2. The topological polar surface area (TPSA) is 68.2 Å². The van der Waals surface area contributed by atoms with Crippen molar-refractivity contribution in [3.8, 4) is 0 Å². The number of rotatable bonds is 2. The Balaban J connectivity index is 1.65. The van der Waals surface area contributed by atoms with Crippen LogP contribution in [0.4, 0.5) is 5.82 Å². The summed E-state index contributed by atoms with van der Waals surface area (Å²) in [5, 5.41) is 8.34. The second-order valence-electron chi connectivity index (χ2n) is 7.56. The van der Waals surface area contributed by atoms with Crippen LogP contribution in [-0.2, 0) is 11.8 Å². The van der Waals surface area contributed by atoms with Gasteiger partial charge in [0.25, 0.3) is 0 Å². The Kier molecular flexibility index (Phi) is 3.05. The number of nitrogens with zero attached hydrogens (tertiary/aromatic N) is 3. The molecular formula is C17H22BrN5. The Bertz CT molecular complexity index is 779. The molecule has 2 heterocycles. The van der Waals surface area contributed by atoms with Crippen molar-refractivity contribution in [2.75, 3.05) is 5.32 Å². The van der Waals surface area contributed by atoms with Crippen LogP contribution in [0, 0.1) is 0 Å². The first-order chi connectivity index (χ1) is 11.2. The second-order valence-corrected chi connectivity index (χ2v) is 8.42. The van der Waals surface area contributed by atoms with Crippen LogP contribution in [0.15, 0.2) is 10.7 Å². The van der Waals surface area contributed by atoms with E-state index >= 15 is 0 Å². The van der Waals surface area contributed by atoms with Crippen molar-refractivity contribution in [2.45, 2.75) is 68.9 Å². The van der Waals surface area contributed by atoms with E-state index in [1.54, 1.807) is 0 Å². The number of hydrogen-bond acceptors (Lipinski definition) is 4. The molecule has 0 unspecified atom stereocenters. The van der Waals surface area contributed by atoms with Crippen molar-refractivity contribution in [1.82, 2.24) is 14.6 Å². The minimum atomic E-state index is 0.334. The SMILES string of the molecule is N[C@H]1CC[C@H](Nc2c3c(nc4c(Br)cnn24)C2(CCC2)CC3)C1. The van der Waals surface area contributed by atoms with E-state index in [1.165, 1.54) is 42.8 Å². The van der Waals surface area contributed by atoms with E-state index in [9.17, 15) is 0 Å². The molecule has 5 nitrogen and oxygen atoms in total. The quantitative estimate of drug-likeness (QED) is 0.845. The Labute approximate surface area is 144 Å². The molecule has 0 radical (unpaired) electrons. The van der Waals surface area contributed by atoms with E-state index in [0.29, 0.717) is 17.5 Å². The third kappa shape index (κ3) is 2.00. The van der Waals surface area contributed by atoms with Gasteiger partial charge in [-0.2, -0.15) is 9.61 Å². The monoisotopic (exact) mass is 375 g/mol. The van der Waals surface area contributed by atoms with Gasteiger partial charge in [-0.1, -0.05) is 6.42 Å². The minimum Gasteiger partial charge on any atom is -0.367 e. The Morgan fingerprint density at radius 1 is 1.30 bits per heavy atom. The van der Waals surface area contributed by atoms with Gasteiger partial charge < -0.3 is 11.1 Å². The fraction of sp³-hybridized carbons (Fsp3) is 0.647. The average Bonchev–Trinajstić information content (AvgIpc) is 3.17. The standard InChI is InChI=1S/C17H22BrN5/c18-13-9-20-23-15(21-11-3-2-10(19)8-11)12-4-7-17(5-1-6-17)14(12)22-16(13)23/h9-11,21H,1-8,19H2/t10-,11-/m0/s1. The van der Waals surface area contributed by atoms with Crippen LogP contribution in [0.25, 0.3) is 5.65 Å². The Morgan fingerprint density at radius 3 is 2.87 bits per heavy atom. The minimum absolute atomic E-state index is 0.334. The van der Waals surface area contributed by atoms with Crippen molar-refractivity contribution in [3.63, 3.8) is 0 Å². The molecule has 0 aromatic carbocycles. The first kappa shape index (κ1) is 14.2. The number of halogens is 1. The molecule has 6 heteroatoms. The zero-order valence-corrected chi connectivity index (χ0v) is 14.8. The number of aromatic nitrogens is 3. The molecule has 2 saturated carbocycles. The van der Waals surface area contributed by atoms with Gasteiger partial charge in [0.2, 0.25) is 0 Å². The van der Waals surface area contributed by atoms with E-state index in [1.807, 2.05) is 10.7 Å². The maximum Gasteiger partial charge on any atom is 0.171 e.